The number of carbonyl (C=O) groups is 1. The molecule has 0 amide bonds. The minimum Gasteiger partial charge on any atom is -0.480 e. The molecule has 3 nitrogen and oxygen atoms in total. The van der Waals surface area contributed by atoms with Gasteiger partial charge < -0.3 is 5.11 Å². The van der Waals surface area contributed by atoms with Gasteiger partial charge in [0, 0.05) is 16.9 Å². The number of carboxylic acids is 1. The summed E-state index contributed by atoms with van der Waals surface area (Å²) in [5.74, 6) is -0.806. The van der Waals surface area contributed by atoms with Crippen LogP contribution >= 0.6 is 11.8 Å². The molecule has 1 unspecified atom stereocenters. The topological polar surface area (TPSA) is 49.3 Å². The molecule has 17 heavy (non-hydrogen) atoms. The Balaban J connectivity index is 2.56. The van der Waals surface area contributed by atoms with Gasteiger partial charge in [-0.2, -0.15) is 0 Å². The van der Waals surface area contributed by atoms with Crippen molar-refractivity contribution in [1.82, 2.24) is 5.32 Å². The van der Waals surface area contributed by atoms with Crippen LogP contribution in [0.25, 0.3) is 0 Å². The normalized spacial score (nSPS) is 21.9. The van der Waals surface area contributed by atoms with Crippen LogP contribution in [0.2, 0.25) is 0 Å². The fraction of sp³-hybridized carbons (Fsp3) is 0.462. The van der Waals surface area contributed by atoms with Gasteiger partial charge in [0.05, 0.1) is 0 Å². The van der Waals surface area contributed by atoms with E-state index in [2.05, 4.69) is 31.3 Å². The molecule has 1 aliphatic heterocycles. The van der Waals surface area contributed by atoms with Gasteiger partial charge in [0.15, 0.2) is 0 Å². The van der Waals surface area contributed by atoms with Crippen LogP contribution in [-0.4, -0.2) is 23.9 Å². The van der Waals surface area contributed by atoms with Crippen LogP contribution in [0.15, 0.2) is 23.1 Å². The molecular weight excluding hydrogens is 234 g/mol. The predicted octanol–water partition coefficient (Wildman–Crippen LogP) is 2.42. The Morgan fingerprint density at radius 3 is 2.82 bits per heavy atom. The van der Waals surface area contributed by atoms with Crippen molar-refractivity contribution in [3.8, 4) is 0 Å². The number of rotatable bonds is 2. The molecule has 0 spiro atoms. The maximum absolute atomic E-state index is 11.3. The first-order valence-electron chi connectivity index (χ1n) is 5.60. The molecule has 0 saturated carbocycles. The maximum Gasteiger partial charge on any atom is 0.325 e. The van der Waals surface area contributed by atoms with Crippen LogP contribution in [0.5, 0.6) is 0 Å². The van der Waals surface area contributed by atoms with Crippen molar-refractivity contribution in [2.45, 2.75) is 30.2 Å². The molecule has 4 heteroatoms. The summed E-state index contributed by atoms with van der Waals surface area (Å²) >= 11 is 1.63. The Bertz CT molecular complexity index is 457. The number of benzene rings is 1. The van der Waals surface area contributed by atoms with Gasteiger partial charge in [0.2, 0.25) is 0 Å². The van der Waals surface area contributed by atoms with Gasteiger partial charge in [-0.05, 0) is 29.5 Å². The summed E-state index contributed by atoms with van der Waals surface area (Å²) in [5, 5.41) is 12.4. The molecule has 0 aliphatic carbocycles. The second-order valence-corrected chi connectivity index (χ2v) is 5.87. The summed E-state index contributed by atoms with van der Waals surface area (Å²) in [7, 11) is 0. The van der Waals surface area contributed by atoms with E-state index in [0.29, 0.717) is 6.54 Å². The van der Waals surface area contributed by atoms with Crippen LogP contribution < -0.4 is 5.32 Å². The summed E-state index contributed by atoms with van der Waals surface area (Å²) in [4.78, 5) is 12.4. The first-order chi connectivity index (χ1) is 7.95. The fourth-order valence-corrected chi connectivity index (χ4v) is 2.75. The lowest BCUT2D eigenvalue weighted by Gasteiger charge is -2.36. The van der Waals surface area contributed by atoms with E-state index in [1.165, 1.54) is 0 Å². The van der Waals surface area contributed by atoms with E-state index in [-0.39, 0.29) is 5.41 Å². The number of hydrogen-bond donors (Lipinski definition) is 2. The van der Waals surface area contributed by atoms with E-state index in [1.807, 2.05) is 12.3 Å². The van der Waals surface area contributed by atoms with E-state index < -0.39 is 12.0 Å². The Labute approximate surface area is 106 Å². The molecule has 1 aromatic carbocycles. The zero-order valence-corrected chi connectivity index (χ0v) is 11.1. The van der Waals surface area contributed by atoms with Crippen LogP contribution in [0.4, 0.5) is 0 Å². The lowest BCUT2D eigenvalue weighted by atomic mass is 9.77. The van der Waals surface area contributed by atoms with Gasteiger partial charge in [-0.3, -0.25) is 10.1 Å². The van der Waals surface area contributed by atoms with Crippen molar-refractivity contribution < 1.29 is 9.90 Å². The molecule has 2 N–H and O–H groups in total. The van der Waals surface area contributed by atoms with Crippen LogP contribution in [0, 0.1) is 0 Å². The number of aliphatic carboxylic acids is 1. The smallest absolute Gasteiger partial charge is 0.325 e. The van der Waals surface area contributed by atoms with Crippen molar-refractivity contribution >= 4 is 17.7 Å². The Morgan fingerprint density at radius 1 is 1.53 bits per heavy atom. The highest BCUT2D eigenvalue weighted by Gasteiger charge is 2.35. The SMILES string of the molecule is CSc1ccc2c(c1)C(C(=O)O)NCC2(C)C. The first-order valence-corrected chi connectivity index (χ1v) is 6.83. The molecule has 92 valence electrons. The first kappa shape index (κ1) is 12.5. The monoisotopic (exact) mass is 251 g/mol. The van der Waals surface area contributed by atoms with E-state index in [4.69, 9.17) is 0 Å². The van der Waals surface area contributed by atoms with Crippen molar-refractivity contribution in [3.63, 3.8) is 0 Å². The summed E-state index contributed by atoms with van der Waals surface area (Å²) < 4.78 is 0. The van der Waals surface area contributed by atoms with E-state index >= 15 is 0 Å². The van der Waals surface area contributed by atoms with Crippen LogP contribution in [-0.2, 0) is 10.2 Å². The van der Waals surface area contributed by atoms with Gasteiger partial charge in [0.1, 0.15) is 6.04 Å². The Morgan fingerprint density at radius 2 is 2.24 bits per heavy atom. The minimum atomic E-state index is -0.806. The molecule has 1 heterocycles. The highest BCUT2D eigenvalue weighted by atomic mass is 32.2. The van der Waals surface area contributed by atoms with Crippen molar-refractivity contribution in [3.05, 3.63) is 29.3 Å². The standard InChI is InChI=1S/C13H17NO2S/c1-13(2)7-14-11(12(15)16)9-6-8(17-3)4-5-10(9)13/h4-6,11,14H,7H2,1-3H3,(H,15,16). The second kappa shape index (κ2) is 4.35. The molecule has 0 radical (unpaired) electrons. The summed E-state index contributed by atoms with van der Waals surface area (Å²) in [6.07, 6.45) is 2.00. The van der Waals surface area contributed by atoms with Gasteiger partial charge >= 0.3 is 5.97 Å². The van der Waals surface area contributed by atoms with E-state index in [9.17, 15) is 9.90 Å². The van der Waals surface area contributed by atoms with E-state index in [1.54, 1.807) is 11.8 Å². The number of nitrogens with one attached hydrogen (secondary N) is 1. The Hall–Kier alpha value is -1.00. The quantitative estimate of drug-likeness (QED) is 0.793. The van der Waals surface area contributed by atoms with Crippen LogP contribution in [0.1, 0.15) is 31.0 Å². The summed E-state index contributed by atoms with van der Waals surface area (Å²) in [5.41, 5.74) is 2.03. The number of fused-ring (bicyclic) bond motifs is 1. The average Bonchev–Trinajstić information content (AvgIpc) is 2.27. The van der Waals surface area contributed by atoms with Gasteiger partial charge in [-0.15, -0.1) is 11.8 Å². The fourth-order valence-electron chi connectivity index (χ4n) is 2.31. The third-order valence-electron chi connectivity index (χ3n) is 3.29. The average molecular weight is 251 g/mol. The Kier molecular flexibility index (Phi) is 3.19. The number of hydrogen-bond acceptors (Lipinski definition) is 3. The molecule has 0 bridgehead atoms. The lowest BCUT2D eigenvalue weighted by molar-refractivity contribution is -0.140. The number of carboxylic acid groups (broad SMARTS) is 1. The molecule has 0 fully saturated rings. The largest absolute Gasteiger partial charge is 0.480 e. The lowest BCUT2D eigenvalue weighted by Crippen LogP contribution is -2.44. The third kappa shape index (κ3) is 2.19. The summed E-state index contributed by atoms with van der Waals surface area (Å²) in [6.45, 7) is 4.96. The molecule has 0 saturated heterocycles. The van der Waals surface area contributed by atoms with Gasteiger partial charge in [-0.1, -0.05) is 19.9 Å². The van der Waals surface area contributed by atoms with E-state index in [0.717, 1.165) is 16.0 Å². The van der Waals surface area contributed by atoms with Gasteiger partial charge in [-0.25, -0.2) is 0 Å². The minimum absolute atomic E-state index is 0.0157. The van der Waals surface area contributed by atoms with Crippen molar-refractivity contribution in [2.75, 3.05) is 12.8 Å². The molecule has 2 rings (SSSR count). The summed E-state index contributed by atoms with van der Waals surface area (Å²) in [6, 6.07) is 5.55. The van der Waals surface area contributed by atoms with Crippen molar-refractivity contribution in [2.24, 2.45) is 0 Å². The molecular formula is C13H17NO2S. The zero-order chi connectivity index (χ0) is 12.6. The molecule has 1 aromatic rings. The molecule has 1 atom stereocenters. The highest BCUT2D eigenvalue weighted by Crippen LogP contribution is 2.36. The predicted molar refractivity (Wildman–Crippen MR) is 69.6 cm³/mol. The third-order valence-corrected chi connectivity index (χ3v) is 4.02. The zero-order valence-electron chi connectivity index (χ0n) is 10.3. The van der Waals surface area contributed by atoms with Crippen molar-refractivity contribution in [1.29, 1.82) is 0 Å². The van der Waals surface area contributed by atoms with Gasteiger partial charge in [0.25, 0.3) is 0 Å². The maximum atomic E-state index is 11.3. The number of thioether (sulfide) groups is 1. The molecule has 0 aromatic heterocycles. The highest BCUT2D eigenvalue weighted by molar-refractivity contribution is 7.98. The molecule has 1 aliphatic rings. The van der Waals surface area contributed by atoms with Crippen LogP contribution in [0.3, 0.4) is 0 Å². The second-order valence-electron chi connectivity index (χ2n) is 4.99.